The monoisotopic (exact) mass is 363 g/mol. The summed E-state index contributed by atoms with van der Waals surface area (Å²) in [6.45, 7) is 2.94. The second kappa shape index (κ2) is 7.37. The van der Waals surface area contributed by atoms with Gasteiger partial charge in [-0.15, -0.1) is 0 Å². The largest absolute Gasteiger partial charge is 0.455 e. The fourth-order valence-corrected chi connectivity index (χ4v) is 3.46. The van der Waals surface area contributed by atoms with Crippen LogP contribution in [0.25, 0.3) is 22.3 Å². The summed E-state index contributed by atoms with van der Waals surface area (Å²) < 4.78 is 11.6. The van der Waals surface area contributed by atoms with E-state index >= 15 is 0 Å². The Kier molecular flexibility index (Phi) is 4.77. The quantitative estimate of drug-likeness (QED) is 0.768. The molecule has 5 heteroatoms. The molecule has 1 aromatic heterocycles. The molecule has 0 aliphatic carbocycles. The normalized spacial score (nSPS) is 16.6. The number of fused-ring (bicyclic) bond motifs is 1. The van der Waals surface area contributed by atoms with Crippen molar-refractivity contribution < 1.29 is 13.9 Å². The number of hydrogen-bond donors (Lipinski definition) is 1. The molecule has 2 aromatic carbocycles. The lowest BCUT2D eigenvalue weighted by atomic mass is 10.0. The van der Waals surface area contributed by atoms with Gasteiger partial charge in [-0.3, -0.25) is 9.59 Å². The van der Waals surface area contributed by atoms with Gasteiger partial charge in [0, 0.05) is 24.3 Å². The summed E-state index contributed by atoms with van der Waals surface area (Å²) in [6.07, 6.45) is 2.02. The fraction of sp³-hybridized carbons (Fsp3) is 0.273. The predicted octanol–water partition coefficient (Wildman–Crippen LogP) is 3.68. The summed E-state index contributed by atoms with van der Waals surface area (Å²) in [5.74, 6) is 0.231. The number of benzene rings is 2. The van der Waals surface area contributed by atoms with Crippen LogP contribution in [0.2, 0.25) is 0 Å². The highest BCUT2D eigenvalue weighted by Crippen LogP contribution is 2.27. The zero-order chi connectivity index (χ0) is 18.8. The first-order valence-electron chi connectivity index (χ1n) is 9.17. The molecule has 0 spiro atoms. The molecular weight excluding hydrogens is 342 g/mol. The second-order valence-corrected chi connectivity index (χ2v) is 6.78. The van der Waals surface area contributed by atoms with Crippen LogP contribution in [0.3, 0.4) is 0 Å². The predicted molar refractivity (Wildman–Crippen MR) is 104 cm³/mol. The summed E-state index contributed by atoms with van der Waals surface area (Å²) in [7, 11) is 0. The number of rotatable bonds is 4. The van der Waals surface area contributed by atoms with Gasteiger partial charge in [0.25, 0.3) is 5.91 Å². The molecule has 1 N–H and O–H groups in total. The number of hydrogen-bond acceptors (Lipinski definition) is 4. The Morgan fingerprint density at radius 2 is 1.96 bits per heavy atom. The minimum absolute atomic E-state index is 0.0538. The Hall–Kier alpha value is -2.92. The van der Waals surface area contributed by atoms with Crippen molar-refractivity contribution >= 4 is 16.9 Å². The summed E-state index contributed by atoms with van der Waals surface area (Å²) in [4.78, 5) is 25.6. The third kappa shape index (κ3) is 3.38. The van der Waals surface area contributed by atoms with E-state index in [9.17, 15) is 9.59 Å². The van der Waals surface area contributed by atoms with E-state index in [1.807, 2.05) is 30.3 Å². The molecule has 0 radical (unpaired) electrons. The van der Waals surface area contributed by atoms with Crippen LogP contribution in [-0.2, 0) is 4.74 Å². The van der Waals surface area contributed by atoms with Crippen molar-refractivity contribution in [2.24, 2.45) is 0 Å². The van der Waals surface area contributed by atoms with Crippen molar-refractivity contribution in [1.82, 2.24) is 5.32 Å². The second-order valence-electron chi connectivity index (χ2n) is 6.78. The van der Waals surface area contributed by atoms with E-state index in [4.69, 9.17) is 9.15 Å². The maximum absolute atomic E-state index is 12.9. The molecule has 27 heavy (non-hydrogen) atoms. The Bertz CT molecular complexity index is 1030. The van der Waals surface area contributed by atoms with Crippen molar-refractivity contribution in [3.63, 3.8) is 0 Å². The minimum Gasteiger partial charge on any atom is -0.455 e. The third-order valence-corrected chi connectivity index (χ3v) is 4.94. The van der Waals surface area contributed by atoms with E-state index in [2.05, 4.69) is 5.32 Å². The maximum Gasteiger partial charge on any atom is 0.255 e. The molecule has 1 aliphatic rings. The average Bonchev–Trinajstić information content (AvgIpc) is 3.23. The standard InChI is InChI=1S/C22H21NO4/c1-14-19(24)17-10-5-11-18(22(25)23-13-16-9-6-12-26-16)21(17)27-20(14)15-7-3-2-4-8-15/h2-5,7-8,10-11,16H,6,9,12-13H2,1H3,(H,23,25)/t16-/m1/s1. The Labute approximate surface area is 157 Å². The van der Waals surface area contributed by atoms with Crippen LogP contribution in [0.4, 0.5) is 0 Å². The van der Waals surface area contributed by atoms with E-state index in [1.165, 1.54) is 0 Å². The number of carbonyl (C=O) groups excluding carboxylic acids is 1. The van der Waals surface area contributed by atoms with Gasteiger partial charge in [-0.2, -0.15) is 0 Å². The average molecular weight is 363 g/mol. The lowest BCUT2D eigenvalue weighted by Crippen LogP contribution is -2.32. The highest BCUT2D eigenvalue weighted by atomic mass is 16.5. The van der Waals surface area contributed by atoms with Gasteiger partial charge in [0.05, 0.1) is 17.1 Å². The van der Waals surface area contributed by atoms with Crippen molar-refractivity contribution in [3.05, 3.63) is 69.9 Å². The van der Waals surface area contributed by atoms with Crippen LogP contribution in [0.1, 0.15) is 28.8 Å². The lowest BCUT2D eigenvalue weighted by molar-refractivity contribution is 0.0858. The van der Waals surface area contributed by atoms with E-state index in [0.29, 0.717) is 34.4 Å². The van der Waals surface area contributed by atoms with Crippen molar-refractivity contribution in [2.75, 3.05) is 13.2 Å². The summed E-state index contributed by atoms with van der Waals surface area (Å²) in [5, 5.41) is 3.31. The number of amides is 1. The first kappa shape index (κ1) is 17.5. The van der Waals surface area contributed by atoms with Gasteiger partial charge in [-0.1, -0.05) is 36.4 Å². The van der Waals surface area contributed by atoms with Crippen LogP contribution in [0.5, 0.6) is 0 Å². The topological polar surface area (TPSA) is 68.5 Å². The molecule has 2 heterocycles. The molecule has 3 aromatic rings. The van der Waals surface area contributed by atoms with Crippen LogP contribution in [-0.4, -0.2) is 25.2 Å². The zero-order valence-corrected chi connectivity index (χ0v) is 15.2. The molecule has 1 aliphatic heterocycles. The van der Waals surface area contributed by atoms with Crippen LogP contribution in [0, 0.1) is 6.92 Å². The molecule has 1 amide bonds. The third-order valence-electron chi connectivity index (χ3n) is 4.94. The molecule has 1 saturated heterocycles. The summed E-state index contributed by atoms with van der Waals surface area (Å²) >= 11 is 0. The molecule has 1 atom stereocenters. The van der Waals surface area contributed by atoms with Gasteiger partial charge in [0.2, 0.25) is 0 Å². The van der Waals surface area contributed by atoms with Gasteiger partial charge in [-0.05, 0) is 31.9 Å². The Morgan fingerprint density at radius 1 is 1.15 bits per heavy atom. The van der Waals surface area contributed by atoms with Crippen LogP contribution < -0.4 is 10.7 Å². The SMILES string of the molecule is Cc1c(-c2ccccc2)oc2c(C(=O)NC[C@H]3CCCO3)cccc2c1=O. The van der Waals surface area contributed by atoms with Gasteiger partial charge < -0.3 is 14.5 Å². The van der Waals surface area contributed by atoms with E-state index < -0.39 is 0 Å². The van der Waals surface area contributed by atoms with Crippen molar-refractivity contribution in [2.45, 2.75) is 25.9 Å². The molecule has 0 saturated carbocycles. The number of carbonyl (C=O) groups is 1. The van der Waals surface area contributed by atoms with Crippen molar-refractivity contribution in [1.29, 1.82) is 0 Å². The maximum atomic E-state index is 12.9. The van der Waals surface area contributed by atoms with Gasteiger partial charge in [-0.25, -0.2) is 0 Å². The highest BCUT2D eigenvalue weighted by molar-refractivity contribution is 6.05. The molecule has 1 fully saturated rings. The molecule has 5 nitrogen and oxygen atoms in total. The number of ether oxygens (including phenoxy) is 1. The molecular formula is C22H21NO4. The van der Waals surface area contributed by atoms with Crippen LogP contribution >= 0.6 is 0 Å². The molecule has 4 rings (SSSR count). The number of para-hydroxylation sites is 1. The minimum atomic E-state index is -0.262. The van der Waals surface area contributed by atoms with Crippen molar-refractivity contribution in [3.8, 4) is 11.3 Å². The van der Waals surface area contributed by atoms with Gasteiger partial charge in [0.15, 0.2) is 11.0 Å². The fourth-order valence-electron chi connectivity index (χ4n) is 3.46. The lowest BCUT2D eigenvalue weighted by Gasteiger charge is -2.13. The summed E-state index contributed by atoms with van der Waals surface area (Å²) in [6, 6.07) is 14.5. The number of nitrogens with one attached hydrogen (secondary N) is 1. The van der Waals surface area contributed by atoms with Gasteiger partial charge >= 0.3 is 0 Å². The molecule has 0 unspecified atom stereocenters. The van der Waals surface area contributed by atoms with Crippen LogP contribution in [0.15, 0.2) is 57.7 Å². The molecule has 138 valence electrons. The summed E-state index contributed by atoms with van der Waals surface area (Å²) in [5.41, 5.74) is 1.90. The van der Waals surface area contributed by atoms with E-state index in [1.54, 1.807) is 25.1 Å². The Balaban J connectivity index is 1.76. The first-order valence-corrected chi connectivity index (χ1v) is 9.17. The van der Waals surface area contributed by atoms with E-state index in [0.717, 1.165) is 25.0 Å². The zero-order valence-electron chi connectivity index (χ0n) is 15.2. The van der Waals surface area contributed by atoms with Gasteiger partial charge in [0.1, 0.15) is 5.76 Å². The smallest absolute Gasteiger partial charge is 0.255 e. The first-order chi connectivity index (χ1) is 13.1. The highest BCUT2D eigenvalue weighted by Gasteiger charge is 2.20. The Morgan fingerprint density at radius 3 is 2.70 bits per heavy atom. The molecule has 0 bridgehead atoms. The van der Waals surface area contributed by atoms with E-state index in [-0.39, 0.29) is 17.4 Å².